The summed E-state index contributed by atoms with van der Waals surface area (Å²) in [4.78, 5) is 5.85. The highest BCUT2D eigenvalue weighted by molar-refractivity contribution is 6.42. The van der Waals surface area contributed by atoms with Gasteiger partial charge in [-0.2, -0.15) is 5.26 Å². The van der Waals surface area contributed by atoms with E-state index in [1.54, 1.807) is 18.0 Å². The van der Waals surface area contributed by atoms with Gasteiger partial charge in [0.1, 0.15) is 11.0 Å². The van der Waals surface area contributed by atoms with Crippen molar-refractivity contribution in [2.24, 2.45) is 5.92 Å². The second-order valence-corrected chi connectivity index (χ2v) is 4.65. The van der Waals surface area contributed by atoms with Gasteiger partial charge in [0, 0.05) is 13.6 Å². The van der Waals surface area contributed by atoms with Crippen LogP contribution in [0.1, 0.15) is 6.92 Å². The van der Waals surface area contributed by atoms with Gasteiger partial charge in [0.2, 0.25) is 0 Å². The zero-order valence-electron chi connectivity index (χ0n) is 8.84. The molecule has 0 aliphatic rings. The van der Waals surface area contributed by atoms with Crippen LogP contribution in [0.15, 0.2) is 6.07 Å². The summed E-state index contributed by atoms with van der Waals surface area (Å²) < 4.78 is 0. The molecule has 6 heteroatoms. The van der Waals surface area contributed by atoms with E-state index in [1.165, 1.54) is 0 Å². The molecule has 1 aromatic rings. The fourth-order valence-corrected chi connectivity index (χ4v) is 1.88. The van der Waals surface area contributed by atoms with Gasteiger partial charge in [0.15, 0.2) is 0 Å². The highest BCUT2D eigenvalue weighted by Gasteiger charge is 2.13. The summed E-state index contributed by atoms with van der Waals surface area (Å²) in [5.41, 5.74) is 0. The largest absolute Gasteiger partial charge is 0.357 e. The Morgan fingerprint density at radius 2 is 2.06 bits per heavy atom. The first kappa shape index (κ1) is 13.4. The van der Waals surface area contributed by atoms with E-state index >= 15 is 0 Å². The summed E-state index contributed by atoms with van der Waals surface area (Å²) in [5.74, 6) is 0.412. The standard InChI is InChI=1S/C10H10Cl3N3/c1-6(4-14)5-16(2)10-8(12)3-7(11)9(13)15-10/h3,6H,5H2,1-2H3. The Morgan fingerprint density at radius 3 is 2.62 bits per heavy atom. The van der Waals surface area contributed by atoms with E-state index in [1.807, 2.05) is 6.92 Å². The number of hydrogen-bond acceptors (Lipinski definition) is 3. The van der Waals surface area contributed by atoms with Crippen molar-refractivity contribution in [1.82, 2.24) is 4.98 Å². The minimum Gasteiger partial charge on any atom is -0.357 e. The molecule has 0 saturated heterocycles. The zero-order chi connectivity index (χ0) is 12.3. The number of halogens is 3. The first-order valence-electron chi connectivity index (χ1n) is 4.58. The minimum atomic E-state index is -0.114. The molecule has 86 valence electrons. The van der Waals surface area contributed by atoms with Crippen molar-refractivity contribution in [3.63, 3.8) is 0 Å². The van der Waals surface area contributed by atoms with E-state index in [0.717, 1.165) is 0 Å². The van der Waals surface area contributed by atoms with Gasteiger partial charge >= 0.3 is 0 Å². The molecule has 0 fully saturated rings. The Hall–Kier alpha value is -0.690. The van der Waals surface area contributed by atoms with Crippen LogP contribution in [0.25, 0.3) is 0 Å². The fraction of sp³-hybridized carbons (Fsp3) is 0.400. The molecule has 0 spiro atoms. The van der Waals surface area contributed by atoms with Gasteiger partial charge in [0.05, 0.1) is 22.0 Å². The zero-order valence-corrected chi connectivity index (χ0v) is 11.1. The van der Waals surface area contributed by atoms with Gasteiger partial charge < -0.3 is 4.90 Å². The summed E-state index contributed by atoms with van der Waals surface area (Å²) in [6.07, 6.45) is 0. The maximum atomic E-state index is 8.72. The number of nitrogens with zero attached hydrogens (tertiary/aromatic N) is 3. The van der Waals surface area contributed by atoms with Crippen LogP contribution in [0.5, 0.6) is 0 Å². The molecule has 0 amide bonds. The van der Waals surface area contributed by atoms with Crippen LogP contribution in [0, 0.1) is 17.2 Å². The molecule has 1 atom stereocenters. The van der Waals surface area contributed by atoms with Gasteiger partial charge in [-0.1, -0.05) is 34.8 Å². The summed E-state index contributed by atoms with van der Waals surface area (Å²) in [7, 11) is 1.80. The lowest BCUT2D eigenvalue weighted by Crippen LogP contribution is -2.24. The van der Waals surface area contributed by atoms with Crippen molar-refractivity contribution in [2.75, 3.05) is 18.5 Å². The molecule has 0 aliphatic carbocycles. The summed E-state index contributed by atoms with van der Waals surface area (Å²) in [5, 5.41) is 9.66. The van der Waals surface area contributed by atoms with Gasteiger partial charge in [0.25, 0.3) is 0 Å². The van der Waals surface area contributed by atoms with Gasteiger partial charge in [-0.25, -0.2) is 4.98 Å². The number of hydrogen-bond donors (Lipinski definition) is 0. The van der Waals surface area contributed by atoms with E-state index in [0.29, 0.717) is 22.4 Å². The molecule has 1 heterocycles. The molecule has 0 aromatic carbocycles. The number of pyridine rings is 1. The Morgan fingerprint density at radius 1 is 1.44 bits per heavy atom. The SMILES string of the molecule is CC(C#N)CN(C)c1nc(Cl)c(Cl)cc1Cl. The number of anilines is 1. The third-order valence-electron chi connectivity index (χ3n) is 2.00. The molecular weight excluding hydrogens is 268 g/mol. The molecule has 1 unspecified atom stereocenters. The first-order valence-corrected chi connectivity index (χ1v) is 5.71. The minimum absolute atomic E-state index is 0.114. The highest BCUT2D eigenvalue weighted by Crippen LogP contribution is 2.30. The first-order chi connectivity index (χ1) is 7.45. The lowest BCUT2D eigenvalue weighted by atomic mass is 10.2. The van der Waals surface area contributed by atoms with Crippen LogP contribution in [-0.2, 0) is 0 Å². The van der Waals surface area contributed by atoms with Crippen LogP contribution >= 0.6 is 34.8 Å². The normalized spacial score (nSPS) is 12.0. The van der Waals surface area contributed by atoms with Gasteiger partial charge in [-0.15, -0.1) is 0 Å². The lowest BCUT2D eigenvalue weighted by Gasteiger charge is -2.20. The number of rotatable bonds is 3. The van der Waals surface area contributed by atoms with Crippen molar-refractivity contribution in [1.29, 1.82) is 5.26 Å². The molecule has 16 heavy (non-hydrogen) atoms. The lowest BCUT2D eigenvalue weighted by molar-refractivity contribution is 0.710. The molecule has 0 aliphatic heterocycles. The van der Waals surface area contributed by atoms with Crippen LogP contribution in [0.2, 0.25) is 15.2 Å². The number of nitriles is 1. The molecule has 0 radical (unpaired) electrons. The Bertz CT molecular complexity index is 428. The maximum Gasteiger partial charge on any atom is 0.150 e. The summed E-state index contributed by atoms with van der Waals surface area (Å²) in [6, 6.07) is 3.68. The predicted octanol–water partition coefficient (Wildman–Crippen LogP) is 3.64. The second kappa shape index (κ2) is 5.58. The summed E-state index contributed by atoms with van der Waals surface area (Å²) in [6.45, 7) is 2.35. The summed E-state index contributed by atoms with van der Waals surface area (Å²) >= 11 is 17.6. The van der Waals surface area contributed by atoms with Crippen molar-refractivity contribution in [2.45, 2.75) is 6.92 Å². The molecule has 0 saturated carbocycles. The predicted molar refractivity (Wildman–Crippen MR) is 67.3 cm³/mol. The van der Waals surface area contributed by atoms with E-state index in [9.17, 15) is 0 Å². The van der Waals surface area contributed by atoms with Crippen LogP contribution in [-0.4, -0.2) is 18.6 Å². The molecule has 3 nitrogen and oxygen atoms in total. The molecule has 0 bridgehead atoms. The third kappa shape index (κ3) is 3.15. The van der Waals surface area contributed by atoms with Crippen molar-refractivity contribution >= 4 is 40.6 Å². The van der Waals surface area contributed by atoms with Gasteiger partial charge in [-0.3, -0.25) is 0 Å². The van der Waals surface area contributed by atoms with E-state index in [-0.39, 0.29) is 11.1 Å². The van der Waals surface area contributed by atoms with Crippen LogP contribution in [0.3, 0.4) is 0 Å². The Labute approximate surface area is 110 Å². The smallest absolute Gasteiger partial charge is 0.150 e. The molecular formula is C10H10Cl3N3. The van der Waals surface area contributed by atoms with Crippen LogP contribution in [0.4, 0.5) is 5.82 Å². The van der Waals surface area contributed by atoms with E-state index in [2.05, 4.69) is 11.1 Å². The van der Waals surface area contributed by atoms with Crippen molar-refractivity contribution in [3.8, 4) is 6.07 Å². The molecule has 1 rings (SSSR count). The van der Waals surface area contributed by atoms with Crippen molar-refractivity contribution < 1.29 is 0 Å². The van der Waals surface area contributed by atoms with Gasteiger partial charge in [-0.05, 0) is 13.0 Å². The maximum absolute atomic E-state index is 8.72. The second-order valence-electron chi connectivity index (χ2n) is 3.48. The average Bonchev–Trinajstić information content (AvgIpc) is 2.23. The average molecular weight is 279 g/mol. The van der Waals surface area contributed by atoms with E-state index in [4.69, 9.17) is 40.1 Å². The fourth-order valence-electron chi connectivity index (χ4n) is 1.24. The quantitative estimate of drug-likeness (QED) is 0.793. The topological polar surface area (TPSA) is 39.9 Å². The monoisotopic (exact) mass is 277 g/mol. The Kier molecular flexibility index (Phi) is 4.67. The molecule has 0 N–H and O–H groups in total. The Balaban J connectivity index is 2.96. The highest BCUT2D eigenvalue weighted by atomic mass is 35.5. The van der Waals surface area contributed by atoms with Crippen LogP contribution < -0.4 is 4.90 Å². The van der Waals surface area contributed by atoms with E-state index < -0.39 is 0 Å². The van der Waals surface area contributed by atoms with Crippen molar-refractivity contribution in [3.05, 3.63) is 21.3 Å². The number of aromatic nitrogens is 1. The third-order valence-corrected chi connectivity index (χ3v) is 2.95. The molecule has 1 aromatic heterocycles.